The molecule has 1 heterocycles. The van der Waals surface area contributed by atoms with Crippen molar-refractivity contribution in [3.05, 3.63) is 77.6 Å². The molecule has 1 aromatic heterocycles. The van der Waals surface area contributed by atoms with Crippen LogP contribution in [0.5, 0.6) is 0 Å². The van der Waals surface area contributed by atoms with Gasteiger partial charge in [-0.2, -0.15) is 0 Å². The van der Waals surface area contributed by atoms with Gasteiger partial charge >= 0.3 is 0 Å². The van der Waals surface area contributed by atoms with Crippen LogP contribution in [0.25, 0.3) is 0 Å². The molecule has 25 heavy (non-hydrogen) atoms. The van der Waals surface area contributed by atoms with E-state index in [1.54, 1.807) is 11.8 Å². The van der Waals surface area contributed by atoms with E-state index in [0.29, 0.717) is 5.92 Å². The molecule has 0 spiro atoms. The lowest BCUT2D eigenvalue weighted by molar-refractivity contribution is 0.482. The van der Waals surface area contributed by atoms with Gasteiger partial charge in [0.05, 0.1) is 0 Å². The van der Waals surface area contributed by atoms with Gasteiger partial charge in [-0.25, -0.2) is 0 Å². The summed E-state index contributed by atoms with van der Waals surface area (Å²) in [4.78, 5) is 0. The molecule has 0 aliphatic heterocycles. The van der Waals surface area contributed by atoms with E-state index < -0.39 is 0 Å². The van der Waals surface area contributed by atoms with Crippen LogP contribution in [0, 0.1) is 5.92 Å². The first kappa shape index (κ1) is 17.7. The van der Waals surface area contributed by atoms with E-state index in [0.717, 1.165) is 36.1 Å². The van der Waals surface area contributed by atoms with Crippen molar-refractivity contribution in [1.29, 1.82) is 0 Å². The van der Waals surface area contributed by atoms with Crippen LogP contribution in [0.15, 0.2) is 65.8 Å². The minimum Gasteiger partial charge on any atom is -0.305 e. The van der Waals surface area contributed by atoms with Gasteiger partial charge in [-0.1, -0.05) is 86.3 Å². The molecule has 130 valence electrons. The van der Waals surface area contributed by atoms with E-state index in [-0.39, 0.29) is 0 Å². The predicted molar refractivity (Wildman–Crippen MR) is 105 cm³/mol. The van der Waals surface area contributed by atoms with Gasteiger partial charge in [-0.05, 0) is 23.5 Å². The van der Waals surface area contributed by atoms with Crippen molar-refractivity contribution < 1.29 is 0 Å². The first-order chi connectivity index (χ1) is 12.2. The Morgan fingerprint density at radius 2 is 1.52 bits per heavy atom. The van der Waals surface area contributed by atoms with Crippen LogP contribution in [-0.4, -0.2) is 20.5 Å². The molecule has 2 aromatic carbocycles. The molecule has 3 nitrogen and oxygen atoms in total. The second kappa shape index (κ2) is 8.86. The molecule has 0 saturated heterocycles. The fourth-order valence-corrected chi connectivity index (χ4v) is 3.74. The molecule has 0 unspecified atom stereocenters. The van der Waals surface area contributed by atoms with Crippen LogP contribution < -0.4 is 0 Å². The highest BCUT2D eigenvalue weighted by Crippen LogP contribution is 2.21. The van der Waals surface area contributed by atoms with E-state index in [2.05, 4.69) is 83.2 Å². The summed E-state index contributed by atoms with van der Waals surface area (Å²) in [6.07, 6.45) is 1.88. The van der Waals surface area contributed by atoms with Crippen molar-refractivity contribution in [3.8, 4) is 0 Å². The number of hydrogen-bond donors (Lipinski definition) is 0. The van der Waals surface area contributed by atoms with Crippen molar-refractivity contribution in [3.63, 3.8) is 0 Å². The Hall–Kier alpha value is -2.07. The standard InChI is InChI=1S/C21H25N3S/c1-17(2)16-24-20(15-19-11-7-4-8-12-19)22-23-21(24)25-14-13-18-9-5-3-6-10-18/h3-12,17H,13-16H2,1-2H3. The van der Waals surface area contributed by atoms with Gasteiger partial charge in [0.1, 0.15) is 5.82 Å². The first-order valence-corrected chi connectivity index (χ1v) is 9.83. The van der Waals surface area contributed by atoms with E-state index in [4.69, 9.17) is 0 Å². The van der Waals surface area contributed by atoms with Gasteiger partial charge < -0.3 is 4.57 Å². The number of hydrogen-bond acceptors (Lipinski definition) is 3. The Kier molecular flexibility index (Phi) is 6.29. The van der Waals surface area contributed by atoms with Gasteiger partial charge in [0.2, 0.25) is 0 Å². The third kappa shape index (κ3) is 5.20. The Morgan fingerprint density at radius 1 is 0.880 bits per heavy atom. The number of thioether (sulfide) groups is 1. The van der Waals surface area contributed by atoms with E-state index in [9.17, 15) is 0 Å². The molecular weight excluding hydrogens is 326 g/mol. The molecule has 0 aliphatic rings. The second-order valence-corrected chi connectivity index (χ2v) is 7.71. The summed E-state index contributed by atoms with van der Waals surface area (Å²) in [5, 5.41) is 9.99. The molecule has 0 fully saturated rings. The Labute approximate surface area is 154 Å². The Bertz CT molecular complexity index is 766. The first-order valence-electron chi connectivity index (χ1n) is 8.85. The van der Waals surface area contributed by atoms with Crippen molar-refractivity contribution >= 4 is 11.8 Å². The SMILES string of the molecule is CC(C)Cn1c(Cc2ccccc2)nnc1SCCc1ccccc1. The lowest BCUT2D eigenvalue weighted by atomic mass is 10.1. The van der Waals surface area contributed by atoms with Crippen LogP contribution in [0.3, 0.4) is 0 Å². The minimum absolute atomic E-state index is 0.569. The zero-order chi connectivity index (χ0) is 17.5. The molecule has 0 N–H and O–H groups in total. The molecule has 0 saturated carbocycles. The van der Waals surface area contributed by atoms with Gasteiger partial charge in [0, 0.05) is 18.7 Å². The van der Waals surface area contributed by atoms with Crippen molar-refractivity contribution in [2.45, 2.75) is 38.4 Å². The number of aryl methyl sites for hydroxylation is 1. The monoisotopic (exact) mass is 351 g/mol. The summed E-state index contributed by atoms with van der Waals surface area (Å²) in [5.41, 5.74) is 2.65. The van der Waals surface area contributed by atoms with Gasteiger partial charge in [0.25, 0.3) is 0 Å². The van der Waals surface area contributed by atoms with E-state index in [1.165, 1.54) is 11.1 Å². The van der Waals surface area contributed by atoms with Crippen LogP contribution in [0.4, 0.5) is 0 Å². The molecule has 4 heteroatoms. The van der Waals surface area contributed by atoms with Crippen molar-refractivity contribution in [1.82, 2.24) is 14.8 Å². The summed E-state index contributed by atoms with van der Waals surface area (Å²) in [5.74, 6) is 2.65. The van der Waals surface area contributed by atoms with Crippen LogP contribution in [0.2, 0.25) is 0 Å². The predicted octanol–water partition coefficient (Wildman–Crippen LogP) is 4.86. The van der Waals surface area contributed by atoms with E-state index in [1.807, 2.05) is 6.07 Å². The lowest BCUT2D eigenvalue weighted by Gasteiger charge is -2.12. The zero-order valence-corrected chi connectivity index (χ0v) is 15.7. The zero-order valence-electron chi connectivity index (χ0n) is 14.9. The van der Waals surface area contributed by atoms with Gasteiger partial charge in [0.15, 0.2) is 5.16 Å². The van der Waals surface area contributed by atoms with Crippen LogP contribution in [-0.2, 0) is 19.4 Å². The highest BCUT2D eigenvalue weighted by molar-refractivity contribution is 7.99. The number of benzene rings is 2. The number of aromatic nitrogens is 3. The average Bonchev–Trinajstić information content (AvgIpc) is 2.98. The Balaban J connectivity index is 1.70. The Morgan fingerprint density at radius 3 is 2.16 bits per heavy atom. The smallest absolute Gasteiger partial charge is 0.191 e. The molecule has 3 rings (SSSR count). The van der Waals surface area contributed by atoms with Crippen molar-refractivity contribution in [2.24, 2.45) is 5.92 Å². The molecule has 0 bridgehead atoms. The molecule has 0 aliphatic carbocycles. The highest BCUT2D eigenvalue weighted by Gasteiger charge is 2.14. The van der Waals surface area contributed by atoms with Crippen molar-refractivity contribution in [2.75, 3.05) is 5.75 Å². The molecule has 0 atom stereocenters. The number of rotatable bonds is 8. The maximum absolute atomic E-state index is 4.48. The molecule has 0 radical (unpaired) electrons. The van der Waals surface area contributed by atoms with E-state index >= 15 is 0 Å². The second-order valence-electron chi connectivity index (χ2n) is 6.65. The topological polar surface area (TPSA) is 30.7 Å². The maximum Gasteiger partial charge on any atom is 0.191 e. The summed E-state index contributed by atoms with van der Waals surface area (Å²) in [6.45, 7) is 5.44. The average molecular weight is 352 g/mol. The summed E-state index contributed by atoms with van der Waals surface area (Å²) >= 11 is 1.80. The summed E-state index contributed by atoms with van der Waals surface area (Å²) in [7, 11) is 0. The summed E-state index contributed by atoms with van der Waals surface area (Å²) in [6, 6.07) is 21.1. The van der Waals surface area contributed by atoms with Crippen LogP contribution in [0.1, 0.15) is 30.8 Å². The lowest BCUT2D eigenvalue weighted by Crippen LogP contribution is -2.10. The third-order valence-electron chi connectivity index (χ3n) is 4.01. The quantitative estimate of drug-likeness (QED) is 0.543. The minimum atomic E-state index is 0.569. The highest BCUT2D eigenvalue weighted by atomic mass is 32.2. The molecule has 0 amide bonds. The third-order valence-corrected chi connectivity index (χ3v) is 4.98. The normalized spacial score (nSPS) is 11.2. The number of nitrogens with zero attached hydrogens (tertiary/aromatic N) is 3. The fourth-order valence-electron chi connectivity index (χ4n) is 2.79. The summed E-state index contributed by atoms with van der Waals surface area (Å²) < 4.78 is 2.30. The van der Waals surface area contributed by atoms with Gasteiger partial charge in [-0.3, -0.25) is 0 Å². The van der Waals surface area contributed by atoms with Gasteiger partial charge in [-0.15, -0.1) is 10.2 Å². The largest absolute Gasteiger partial charge is 0.305 e. The maximum atomic E-state index is 4.48. The molecule has 3 aromatic rings. The van der Waals surface area contributed by atoms with Crippen LogP contribution >= 0.6 is 11.8 Å². The molecular formula is C21H25N3S. The fraction of sp³-hybridized carbons (Fsp3) is 0.333.